The maximum atomic E-state index is 17.0. The molecule has 45 nitrogen and oxygen atoms in total. The Morgan fingerprint density at radius 3 is 1.63 bits per heavy atom. The predicted molar refractivity (Wildman–Crippen MR) is 466 cm³/mol. The largest absolute Gasteiger partial charge is 0.508 e. The number of likely N-dealkylation sites (N-methyl/N-ethyl adjacent to an activating group) is 1. The van der Waals surface area contributed by atoms with Crippen LogP contribution >= 0.6 is 23.2 Å². The van der Waals surface area contributed by atoms with Crippen LogP contribution in [0, 0.1) is 0 Å². The number of ether oxygens (including phenoxy) is 13. The molecule has 0 radical (unpaired) electrons. The molecule has 11 bridgehead atoms. The number of amides is 6. The minimum absolute atomic E-state index is 0.0847. The van der Waals surface area contributed by atoms with Gasteiger partial charge < -0.3 is 192 Å². The summed E-state index contributed by atoms with van der Waals surface area (Å²) in [4.78, 5) is 112. The van der Waals surface area contributed by atoms with Crippen molar-refractivity contribution in [3.05, 3.63) is 176 Å². The predicted octanol–water partition coefficient (Wildman–Crippen LogP) is -1.22. The minimum Gasteiger partial charge on any atom is -0.508 e. The number of phenolic OH excluding ortho intramolecular Hbond substituents is 4. The molecular weight excluding hydrogens is 1850 g/mol. The number of fused-ring (bicyclic) bond motifs is 15. The summed E-state index contributed by atoms with van der Waals surface area (Å²) in [5.41, 5.74) is 9.57. The van der Waals surface area contributed by atoms with E-state index in [1.807, 2.05) is 0 Å². The summed E-state index contributed by atoms with van der Waals surface area (Å²) < 4.78 is 82.0. The van der Waals surface area contributed by atoms with Crippen LogP contribution in [0.15, 0.2) is 127 Å². The molecule has 137 heavy (non-hydrogen) atoms. The second-order valence-electron chi connectivity index (χ2n) is 34.2. The Labute approximate surface area is 788 Å². The molecule has 27 N–H and O–H groups in total. The SMILES string of the molecule is CNC(C(=O)N[C@H]1C(=O)NC(c2ccc(O)c(Cl)c2)C(=O)N[C@H]2C(=O)N[C@H]3C(=O)N[C@H](C(=O)N[C@H](C(=O)O)c4cc(O)cc(O)c4-c4cc3ccc4O)[C@H](O[C@H]3C[C@H](N)[C@@H](O)[C@H](C)O3)c3ccc(c(Cl)c3)Oc3cc2cc(c3O[C@@H]2O[C@H](CO)[C@@H](O)C(O)[C@H]2O[C@H]2C[C@H](N)[C@@H](O)[C@H](C)O2)Oc2ccc(cc2)[C@H]1OC1OC(CO)C(O)C(O)C1O)c1ccc(OC2OC(C)C(O)C(O)C2OC)cc1. The van der Waals surface area contributed by atoms with Crippen LogP contribution in [-0.2, 0) is 76.2 Å². The van der Waals surface area contributed by atoms with Gasteiger partial charge in [-0.2, -0.15) is 0 Å². The number of nitrogens with two attached hydrogens (primary N) is 2. The Morgan fingerprint density at radius 2 is 1.03 bits per heavy atom. The number of carbonyl (C=O) groups excluding carboxylic acids is 6. The van der Waals surface area contributed by atoms with Gasteiger partial charge in [-0.05, 0) is 140 Å². The van der Waals surface area contributed by atoms with Gasteiger partial charge in [-0.1, -0.05) is 65.7 Å². The zero-order chi connectivity index (χ0) is 98.5. The molecule has 17 rings (SSSR count). The number of rotatable bonds is 19. The van der Waals surface area contributed by atoms with Crippen LogP contribution in [0.4, 0.5) is 0 Å². The average molecular weight is 1960 g/mol. The molecule has 5 fully saturated rings. The smallest absolute Gasteiger partial charge is 0.330 e. The number of nitrogens with one attached hydrogen (secondary N) is 7. The summed E-state index contributed by atoms with van der Waals surface area (Å²) in [7, 11) is 2.61. The molecule has 7 aromatic carbocycles. The van der Waals surface area contributed by atoms with Gasteiger partial charge >= 0.3 is 5.97 Å². The highest BCUT2D eigenvalue weighted by Crippen LogP contribution is 2.51. The molecule has 6 amide bonds. The average Bonchev–Trinajstić information content (AvgIpc) is 0.759. The number of hydrogen-bond donors (Lipinski definition) is 25. The molecule has 5 saturated heterocycles. The molecular formula is C90H103Cl2N9O36. The molecule has 0 spiro atoms. The first kappa shape index (κ1) is 100. The second kappa shape index (κ2) is 41.9. The summed E-state index contributed by atoms with van der Waals surface area (Å²) in [6.07, 6.45) is -39.1. The Kier molecular flexibility index (Phi) is 30.7. The first-order valence-electron chi connectivity index (χ1n) is 43.3. The highest BCUT2D eigenvalue weighted by atomic mass is 35.5. The Balaban J connectivity index is 0.955. The Hall–Kier alpha value is -11.1. The van der Waals surface area contributed by atoms with Crippen LogP contribution < -0.4 is 67.6 Å². The van der Waals surface area contributed by atoms with E-state index < -0.39 is 334 Å². The standard InChI is InChI=1S/C90H103Cl2N9O36/c1-31-67(108)47(93)27-57(126-31)134-77-38-12-19-52(46(92)22-38)131-54-24-39-23-53(78(54)137-90-80(74(115)71(112)56(30-103)133-90)135-58-28-48(94)68(109)32(2)127-58)129-41-15-8-35(9-16-41)76(136-88-75(116)72(113)70(111)55(29-102)132-88)65(100-81(117)60(95-4)34-6-13-42(14-7-34)130-89-79(125-5)73(114)69(110)33(3)128-89)85(121)97-62(37-11-18-50(106)45(91)21-37)82(118)98-63(39)84(120)96-61-36-10-17-49(105)43(20-36)59-44(25-40(104)26-51(59)107)64(87(123)124)99-86(122)66(77)101-83(61)119/h6-26,31-33,47-48,55-58,60-77,79-80,88-90,95,102-116H,27-30,93-94H2,1-5H3,(H,96,120)(H,97,121)(H,98,118)(H,99,122)(H,100,117)(H,101,119)(H,123,124)/t31-,32-,33?,47-,48-,55?,56+,57-,58-,60?,61+,62?,63+,64-,65+,66-,67-,68-,69?,70?,71+,72?,73?,74?,75?,76+,77+,79?,80+,88?,89?,90-/m0/s1. The Morgan fingerprint density at radius 1 is 0.489 bits per heavy atom. The number of aliphatic hydroxyl groups excluding tert-OH is 11. The quantitative estimate of drug-likeness (QED) is 0.0451. The van der Waals surface area contributed by atoms with Crippen molar-refractivity contribution in [1.82, 2.24) is 37.2 Å². The third-order valence-corrected chi connectivity index (χ3v) is 25.6. The maximum absolute atomic E-state index is 17.0. The lowest BCUT2D eigenvalue weighted by molar-refractivity contribution is -0.330. The summed E-state index contributed by atoms with van der Waals surface area (Å²) in [5.74, 6) is -16.1. The lowest BCUT2D eigenvalue weighted by Crippen LogP contribution is -2.62. The van der Waals surface area contributed by atoms with Crippen molar-refractivity contribution in [3.63, 3.8) is 0 Å². The van der Waals surface area contributed by atoms with Crippen molar-refractivity contribution < 1.29 is 177 Å². The van der Waals surface area contributed by atoms with E-state index in [1.54, 1.807) is 0 Å². The van der Waals surface area contributed by atoms with Gasteiger partial charge in [0.25, 0.3) is 0 Å². The fraction of sp³-hybridized carbons (Fsp3) is 0.456. The summed E-state index contributed by atoms with van der Waals surface area (Å²) in [6.45, 7) is 2.33. The third kappa shape index (κ3) is 21.0. The minimum atomic E-state index is -2.49. The first-order valence-corrected chi connectivity index (χ1v) is 44.1. The third-order valence-electron chi connectivity index (χ3n) is 25.0. The number of benzene rings is 7. The van der Waals surface area contributed by atoms with Gasteiger partial charge in [-0.15, -0.1) is 0 Å². The lowest BCUT2D eigenvalue weighted by atomic mass is 9.89. The molecule has 13 unspecified atom stereocenters. The van der Waals surface area contributed by atoms with Crippen molar-refractivity contribution in [2.24, 2.45) is 11.5 Å². The molecule has 32 atom stereocenters. The van der Waals surface area contributed by atoms with Gasteiger partial charge in [-0.25, -0.2) is 4.79 Å². The van der Waals surface area contributed by atoms with Crippen molar-refractivity contribution in [2.45, 2.75) is 229 Å². The molecule has 0 aliphatic carbocycles. The number of carboxylic acid groups (broad SMARTS) is 1. The van der Waals surface area contributed by atoms with Gasteiger partial charge in [0, 0.05) is 54.8 Å². The van der Waals surface area contributed by atoms with Gasteiger partial charge in [0.05, 0.1) is 53.8 Å². The molecule has 0 aromatic heterocycles. The monoisotopic (exact) mass is 1960 g/mol. The van der Waals surface area contributed by atoms with E-state index in [4.69, 9.17) is 96.2 Å². The zero-order valence-electron chi connectivity index (χ0n) is 73.2. The number of aliphatic hydroxyl groups is 11. The number of aromatic hydroxyl groups is 4. The second-order valence-corrected chi connectivity index (χ2v) is 35.0. The molecule has 0 saturated carbocycles. The number of aliphatic carboxylic acids is 1. The highest BCUT2D eigenvalue weighted by Gasteiger charge is 2.53. The van der Waals surface area contributed by atoms with Crippen molar-refractivity contribution >= 4 is 64.6 Å². The van der Waals surface area contributed by atoms with Crippen LogP contribution in [0.25, 0.3) is 11.1 Å². The van der Waals surface area contributed by atoms with Gasteiger partial charge in [0.2, 0.25) is 53.8 Å². The number of carbonyl (C=O) groups is 7. The van der Waals surface area contributed by atoms with Crippen LogP contribution in [0.3, 0.4) is 0 Å². The fourth-order valence-electron chi connectivity index (χ4n) is 17.5. The van der Waals surface area contributed by atoms with E-state index in [2.05, 4.69) is 37.2 Å². The van der Waals surface area contributed by atoms with Crippen LogP contribution in [0.1, 0.15) is 115 Å². The zero-order valence-corrected chi connectivity index (χ0v) is 74.7. The molecule has 10 heterocycles. The first-order chi connectivity index (χ1) is 65.2. The van der Waals surface area contributed by atoms with Gasteiger partial charge in [0.1, 0.15) is 150 Å². The van der Waals surface area contributed by atoms with Crippen molar-refractivity contribution in [1.29, 1.82) is 0 Å². The van der Waals surface area contributed by atoms with E-state index in [-0.39, 0.29) is 46.6 Å². The summed E-state index contributed by atoms with van der Waals surface area (Å²) in [6, 6.07) is 5.97. The molecule has 7 aromatic rings. The number of carboxylic acids is 1. The normalized spacial score (nSPS) is 33.8. The van der Waals surface area contributed by atoms with Crippen LogP contribution in [0.2, 0.25) is 10.0 Å². The van der Waals surface area contributed by atoms with Crippen molar-refractivity contribution in [3.8, 4) is 68.6 Å². The van der Waals surface area contributed by atoms with E-state index in [1.165, 1.54) is 89.5 Å². The van der Waals surface area contributed by atoms with E-state index in [0.29, 0.717) is 0 Å². The van der Waals surface area contributed by atoms with Gasteiger partial charge in [0.15, 0.2) is 42.5 Å². The fourth-order valence-corrected chi connectivity index (χ4v) is 17.9. The van der Waals surface area contributed by atoms with Crippen LogP contribution in [-0.4, -0.2) is 304 Å². The van der Waals surface area contributed by atoms with E-state index in [9.17, 15) is 86.5 Å². The van der Waals surface area contributed by atoms with Gasteiger partial charge in [-0.3, -0.25) is 28.8 Å². The molecule has 47 heteroatoms. The van der Waals surface area contributed by atoms with E-state index >= 15 is 28.8 Å². The number of hydrogen-bond acceptors (Lipinski definition) is 38. The van der Waals surface area contributed by atoms with Crippen LogP contribution in [0.5, 0.6) is 57.5 Å². The molecule has 738 valence electrons. The Bertz CT molecular complexity index is 5580. The number of halogens is 2. The number of methoxy groups -OCH3 is 1. The molecule has 10 aliphatic heterocycles. The topological polar surface area (TPSA) is 699 Å². The summed E-state index contributed by atoms with van der Waals surface area (Å²) >= 11 is 14.2. The summed E-state index contributed by atoms with van der Waals surface area (Å²) in [5, 5.41) is 198. The highest BCUT2D eigenvalue weighted by molar-refractivity contribution is 6.32. The molecule has 10 aliphatic rings. The van der Waals surface area contributed by atoms with Crippen molar-refractivity contribution in [2.75, 3.05) is 27.4 Å². The maximum Gasteiger partial charge on any atom is 0.330 e. The van der Waals surface area contributed by atoms with E-state index in [0.717, 1.165) is 72.8 Å². The lowest BCUT2D eigenvalue weighted by Gasteiger charge is -2.44. The number of phenols is 4.